The minimum absolute atomic E-state index is 0.190. The van der Waals surface area contributed by atoms with Crippen LogP contribution in [-0.2, 0) is 9.84 Å². The molecule has 2 aromatic carbocycles. The zero-order chi connectivity index (χ0) is 14.2. The molecular weight excluding hydrogens is 290 g/mol. The fourth-order valence-corrected chi connectivity index (χ4v) is 4.93. The quantitative estimate of drug-likeness (QED) is 0.738. The molecule has 0 saturated carbocycles. The van der Waals surface area contributed by atoms with Crippen molar-refractivity contribution in [3.8, 4) is 0 Å². The molecule has 0 bridgehead atoms. The molecule has 0 N–H and O–H groups in total. The smallest absolute Gasteiger partial charge is 0.212 e. The first kappa shape index (κ1) is 13.3. The van der Waals surface area contributed by atoms with Gasteiger partial charge in [0.05, 0.1) is 15.5 Å². The van der Waals surface area contributed by atoms with Gasteiger partial charge in [0, 0.05) is 0 Å². The van der Waals surface area contributed by atoms with Gasteiger partial charge >= 0.3 is 0 Å². The van der Waals surface area contributed by atoms with Gasteiger partial charge in [-0.25, -0.2) is 13.4 Å². The highest BCUT2D eigenvalue weighted by Gasteiger charge is 2.28. The summed E-state index contributed by atoms with van der Waals surface area (Å²) in [7, 11) is -3.45. The van der Waals surface area contributed by atoms with Crippen LogP contribution in [0.5, 0.6) is 0 Å². The first-order valence-electron chi connectivity index (χ1n) is 6.23. The van der Waals surface area contributed by atoms with Gasteiger partial charge in [0.15, 0.2) is 0 Å². The molecule has 3 rings (SSSR count). The summed E-state index contributed by atoms with van der Waals surface area (Å²) in [6, 6.07) is 16.7. The second-order valence-corrected chi connectivity index (χ2v) is 8.02. The van der Waals surface area contributed by atoms with Gasteiger partial charge in [0.2, 0.25) is 14.2 Å². The summed E-state index contributed by atoms with van der Waals surface area (Å²) in [4.78, 5) is 4.26. The Labute approximate surface area is 121 Å². The van der Waals surface area contributed by atoms with Crippen LogP contribution in [-0.4, -0.2) is 13.4 Å². The Balaban J connectivity index is 2.07. The van der Waals surface area contributed by atoms with E-state index >= 15 is 0 Å². The molecule has 0 radical (unpaired) electrons. The topological polar surface area (TPSA) is 47.0 Å². The van der Waals surface area contributed by atoms with Gasteiger partial charge in [0.1, 0.15) is 0 Å². The summed E-state index contributed by atoms with van der Waals surface area (Å²) >= 11 is 1.23. The van der Waals surface area contributed by atoms with Crippen LogP contribution in [0.25, 0.3) is 10.2 Å². The first-order valence-corrected chi connectivity index (χ1v) is 8.60. The number of sulfone groups is 1. The van der Waals surface area contributed by atoms with Crippen molar-refractivity contribution in [1.82, 2.24) is 4.98 Å². The van der Waals surface area contributed by atoms with Gasteiger partial charge in [-0.15, -0.1) is 11.3 Å². The van der Waals surface area contributed by atoms with Crippen LogP contribution in [0, 0.1) is 0 Å². The van der Waals surface area contributed by atoms with Gasteiger partial charge in [-0.3, -0.25) is 0 Å². The maximum atomic E-state index is 12.7. The van der Waals surface area contributed by atoms with Gasteiger partial charge in [0.25, 0.3) is 0 Å². The van der Waals surface area contributed by atoms with Crippen LogP contribution in [0.15, 0.2) is 58.9 Å². The van der Waals surface area contributed by atoms with Crippen molar-refractivity contribution < 1.29 is 8.42 Å². The van der Waals surface area contributed by atoms with E-state index in [1.165, 1.54) is 11.3 Å². The van der Waals surface area contributed by atoms with Crippen molar-refractivity contribution in [1.29, 1.82) is 0 Å². The summed E-state index contributed by atoms with van der Waals surface area (Å²) in [5.41, 5.74) is 1.52. The number of rotatable bonds is 3. The Bertz CT molecular complexity index is 805. The molecule has 1 aromatic heterocycles. The second-order valence-electron chi connectivity index (χ2n) is 4.55. The van der Waals surface area contributed by atoms with E-state index < -0.39 is 15.1 Å². The standard InChI is InChI=1S/C15H13NO2S2/c1-11(12-7-3-2-4-8-12)20(17,18)15-16-13-9-5-6-10-14(13)19-15/h2-11H,1H3. The predicted octanol–water partition coefficient (Wildman–Crippen LogP) is 3.83. The van der Waals surface area contributed by atoms with Crippen molar-refractivity contribution in [2.75, 3.05) is 0 Å². The van der Waals surface area contributed by atoms with Crippen molar-refractivity contribution >= 4 is 31.4 Å². The van der Waals surface area contributed by atoms with Crippen LogP contribution < -0.4 is 0 Å². The number of aromatic nitrogens is 1. The molecule has 1 unspecified atom stereocenters. The molecule has 3 nitrogen and oxygen atoms in total. The Morgan fingerprint density at radius 3 is 2.35 bits per heavy atom. The molecule has 1 heterocycles. The molecule has 0 aliphatic carbocycles. The van der Waals surface area contributed by atoms with Gasteiger partial charge in [-0.2, -0.15) is 0 Å². The zero-order valence-corrected chi connectivity index (χ0v) is 12.5. The monoisotopic (exact) mass is 303 g/mol. The molecule has 0 spiro atoms. The lowest BCUT2D eigenvalue weighted by atomic mass is 10.2. The lowest BCUT2D eigenvalue weighted by molar-refractivity contribution is 0.585. The molecule has 3 aromatic rings. The van der Waals surface area contributed by atoms with E-state index in [9.17, 15) is 8.42 Å². The number of hydrogen-bond acceptors (Lipinski definition) is 4. The van der Waals surface area contributed by atoms with E-state index in [-0.39, 0.29) is 4.34 Å². The highest BCUT2D eigenvalue weighted by atomic mass is 32.2. The molecule has 20 heavy (non-hydrogen) atoms. The molecular formula is C15H13NO2S2. The fourth-order valence-electron chi connectivity index (χ4n) is 2.03. The molecule has 0 aliphatic rings. The Kier molecular flexibility index (Phi) is 3.31. The van der Waals surface area contributed by atoms with Crippen molar-refractivity contribution in [2.24, 2.45) is 0 Å². The Morgan fingerprint density at radius 2 is 1.65 bits per heavy atom. The van der Waals surface area contributed by atoms with Crippen molar-refractivity contribution in [3.63, 3.8) is 0 Å². The largest absolute Gasteiger partial charge is 0.225 e. The summed E-state index contributed by atoms with van der Waals surface area (Å²) in [5.74, 6) is 0. The fraction of sp³-hybridized carbons (Fsp3) is 0.133. The Morgan fingerprint density at radius 1 is 1.00 bits per heavy atom. The average molecular weight is 303 g/mol. The lowest BCUT2D eigenvalue weighted by Gasteiger charge is -2.10. The summed E-state index contributed by atoms with van der Waals surface area (Å²) in [6.07, 6.45) is 0. The van der Waals surface area contributed by atoms with E-state index in [2.05, 4.69) is 4.98 Å². The molecule has 1 atom stereocenters. The minimum Gasteiger partial charge on any atom is -0.225 e. The maximum absolute atomic E-state index is 12.7. The Hall–Kier alpha value is -1.72. The minimum atomic E-state index is -3.45. The summed E-state index contributed by atoms with van der Waals surface area (Å²) in [6.45, 7) is 1.71. The number of fused-ring (bicyclic) bond motifs is 1. The van der Waals surface area contributed by atoms with E-state index in [1.807, 2.05) is 54.6 Å². The second kappa shape index (κ2) is 5.00. The lowest BCUT2D eigenvalue weighted by Crippen LogP contribution is -2.10. The van der Waals surface area contributed by atoms with Crippen molar-refractivity contribution in [3.05, 3.63) is 60.2 Å². The number of benzene rings is 2. The van der Waals surface area contributed by atoms with Gasteiger partial charge in [-0.05, 0) is 24.6 Å². The third-order valence-electron chi connectivity index (χ3n) is 3.25. The molecule has 0 amide bonds. The van der Waals surface area contributed by atoms with E-state index in [1.54, 1.807) is 6.92 Å². The van der Waals surface area contributed by atoms with Crippen LogP contribution in [0.1, 0.15) is 17.7 Å². The summed E-state index contributed by atoms with van der Waals surface area (Å²) in [5, 5.41) is -0.593. The first-order chi connectivity index (χ1) is 9.59. The maximum Gasteiger partial charge on any atom is 0.212 e. The van der Waals surface area contributed by atoms with E-state index in [0.717, 1.165) is 15.8 Å². The highest BCUT2D eigenvalue weighted by molar-refractivity contribution is 7.93. The zero-order valence-electron chi connectivity index (χ0n) is 10.9. The van der Waals surface area contributed by atoms with E-state index in [4.69, 9.17) is 0 Å². The number of hydrogen-bond donors (Lipinski definition) is 0. The third-order valence-corrected chi connectivity index (χ3v) is 6.81. The SMILES string of the molecule is CC(c1ccccc1)S(=O)(=O)c1nc2ccccc2s1. The van der Waals surface area contributed by atoms with Crippen molar-refractivity contribution in [2.45, 2.75) is 16.5 Å². The molecule has 0 aliphatic heterocycles. The molecule has 0 fully saturated rings. The van der Waals surface area contributed by atoms with E-state index in [0.29, 0.717) is 0 Å². The predicted molar refractivity (Wildman–Crippen MR) is 81.7 cm³/mol. The molecule has 0 saturated heterocycles. The highest BCUT2D eigenvalue weighted by Crippen LogP contribution is 2.33. The third kappa shape index (κ3) is 2.23. The molecule has 102 valence electrons. The molecule has 5 heteroatoms. The summed E-state index contributed by atoms with van der Waals surface area (Å²) < 4.78 is 26.4. The van der Waals surface area contributed by atoms with Crippen LogP contribution in [0.4, 0.5) is 0 Å². The van der Waals surface area contributed by atoms with Crippen LogP contribution in [0.2, 0.25) is 0 Å². The number of nitrogens with zero attached hydrogens (tertiary/aromatic N) is 1. The van der Waals surface area contributed by atoms with Crippen LogP contribution in [0.3, 0.4) is 0 Å². The van der Waals surface area contributed by atoms with Gasteiger partial charge in [-0.1, -0.05) is 42.5 Å². The number of para-hydroxylation sites is 1. The average Bonchev–Trinajstić information content (AvgIpc) is 2.92. The van der Waals surface area contributed by atoms with Gasteiger partial charge < -0.3 is 0 Å². The normalized spacial score (nSPS) is 13.4. The van der Waals surface area contributed by atoms with Crippen LogP contribution >= 0.6 is 11.3 Å². The number of thiazole rings is 1.